The highest BCUT2D eigenvalue weighted by atomic mass is 35.5. The smallest absolute Gasteiger partial charge is 0.247 e. The second kappa shape index (κ2) is 6.77. The Labute approximate surface area is 152 Å². The first-order valence-corrected chi connectivity index (χ1v) is 9.19. The second-order valence-corrected chi connectivity index (χ2v) is 7.16. The Kier molecular flexibility index (Phi) is 4.48. The zero-order valence-electron chi connectivity index (χ0n) is 14.4. The van der Waals surface area contributed by atoms with Crippen molar-refractivity contribution in [2.24, 2.45) is 0 Å². The summed E-state index contributed by atoms with van der Waals surface area (Å²) in [5.41, 5.74) is 1.04. The fourth-order valence-electron chi connectivity index (χ4n) is 3.79. The molecule has 4 rings (SSSR count). The van der Waals surface area contributed by atoms with Crippen molar-refractivity contribution in [3.8, 4) is 0 Å². The van der Waals surface area contributed by atoms with E-state index in [1.807, 2.05) is 36.1 Å². The molecular formula is C18H22ClN5O. The van der Waals surface area contributed by atoms with Gasteiger partial charge < -0.3 is 9.47 Å². The van der Waals surface area contributed by atoms with Crippen LogP contribution in [0.1, 0.15) is 36.1 Å². The summed E-state index contributed by atoms with van der Waals surface area (Å²) in [5.74, 6) is 1.76. The van der Waals surface area contributed by atoms with Gasteiger partial charge in [0.2, 0.25) is 5.91 Å². The number of hydrogen-bond acceptors (Lipinski definition) is 4. The third-order valence-electron chi connectivity index (χ3n) is 5.17. The van der Waals surface area contributed by atoms with Crippen molar-refractivity contribution in [2.45, 2.75) is 38.9 Å². The fraction of sp³-hybridized carbons (Fsp3) is 0.500. The molecule has 1 aromatic carbocycles. The highest BCUT2D eigenvalue weighted by Gasteiger charge is 2.39. The Morgan fingerprint density at radius 2 is 1.92 bits per heavy atom. The second-order valence-electron chi connectivity index (χ2n) is 6.75. The number of aromatic nitrogens is 3. The van der Waals surface area contributed by atoms with Crippen LogP contribution < -0.4 is 0 Å². The van der Waals surface area contributed by atoms with Crippen molar-refractivity contribution in [2.75, 3.05) is 19.6 Å². The van der Waals surface area contributed by atoms with E-state index in [0.717, 1.165) is 61.3 Å². The van der Waals surface area contributed by atoms with Crippen LogP contribution in [-0.2, 0) is 17.9 Å². The molecular weight excluding hydrogens is 338 g/mol. The van der Waals surface area contributed by atoms with E-state index in [4.69, 9.17) is 11.6 Å². The molecule has 1 fully saturated rings. The molecule has 0 bridgehead atoms. The largest absolute Gasteiger partial charge is 0.341 e. The molecule has 0 spiro atoms. The van der Waals surface area contributed by atoms with Crippen LogP contribution in [0.25, 0.3) is 0 Å². The van der Waals surface area contributed by atoms with Crippen molar-refractivity contribution in [3.05, 3.63) is 46.5 Å². The van der Waals surface area contributed by atoms with Gasteiger partial charge in [0.15, 0.2) is 11.9 Å². The molecule has 0 radical (unpaired) electrons. The van der Waals surface area contributed by atoms with Gasteiger partial charge in [-0.1, -0.05) is 29.8 Å². The lowest BCUT2D eigenvalue weighted by atomic mass is 10.1. The summed E-state index contributed by atoms with van der Waals surface area (Å²) >= 11 is 6.35. The average Bonchev–Trinajstić information content (AvgIpc) is 3.27. The van der Waals surface area contributed by atoms with E-state index in [2.05, 4.69) is 19.7 Å². The van der Waals surface area contributed by atoms with Gasteiger partial charge in [-0.25, -0.2) is 0 Å². The first-order valence-electron chi connectivity index (χ1n) is 8.81. The number of hydrogen-bond donors (Lipinski definition) is 0. The van der Waals surface area contributed by atoms with E-state index in [1.54, 1.807) is 0 Å². The van der Waals surface area contributed by atoms with Gasteiger partial charge in [0.1, 0.15) is 5.82 Å². The molecule has 1 aromatic heterocycles. The van der Waals surface area contributed by atoms with Gasteiger partial charge in [-0.3, -0.25) is 9.69 Å². The van der Waals surface area contributed by atoms with Crippen LogP contribution in [0.15, 0.2) is 24.3 Å². The summed E-state index contributed by atoms with van der Waals surface area (Å²) in [6, 6.07) is 7.43. The molecule has 1 amide bonds. The van der Waals surface area contributed by atoms with Gasteiger partial charge in [0.05, 0.1) is 0 Å². The Bertz CT molecular complexity index is 784. The van der Waals surface area contributed by atoms with E-state index < -0.39 is 0 Å². The Hall–Kier alpha value is -1.92. The third kappa shape index (κ3) is 3.04. The number of amides is 1. The molecule has 1 unspecified atom stereocenters. The van der Waals surface area contributed by atoms with Gasteiger partial charge in [-0.05, 0) is 31.4 Å². The molecule has 2 aliphatic rings. The van der Waals surface area contributed by atoms with Crippen molar-refractivity contribution in [1.82, 2.24) is 24.6 Å². The molecule has 6 nitrogen and oxygen atoms in total. The lowest BCUT2D eigenvalue weighted by molar-refractivity contribution is -0.137. The number of fused-ring (bicyclic) bond motifs is 1. The molecule has 25 heavy (non-hydrogen) atoms. The monoisotopic (exact) mass is 359 g/mol. The number of benzene rings is 1. The molecule has 2 aliphatic heterocycles. The van der Waals surface area contributed by atoms with Crippen LogP contribution in [0.3, 0.4) is 0 Å². The minimum atomic E-state index is -0.385. The summed E-state index contributed by atoms with van der Waals surface area (Å²) in [7, 11) is 0. The molecule has 7 heteroatoms. The topological polar surface area (TPSA) is 54.3 Å². The van der Waals surface area contributed by atoms with Crippen LogP contribution in [0.2, 0.25) is 5.02 Å². The van der Waals surface area contributed by atoms with Crippen LogP contribution in [0, 0.1) is 6.92 Å². The number of likely N-dealkylation sites (tertiary alicyclic amines) is 1. The van der Waals surface area contributed by atoms with Crippen molar-refractivity contribution in [3.63, 3.8) is 0 Å². The van der Waals surface area contributed by atoms with Crippen LogP contribution >= 0.6 is 11.6 Å². The quantitative estimate of drug-likeness (QED) is 0.844. The maximum Gasteiger partial charge on any atom is 0.247 e. The standard InChI is InChI=1S/C18H22ClN5O/c1-13-20-21-17-16(18(25)22-8-4-5-9-22)23(10-11-24(13)17)12-14-6-2-3-7-15(14)19/h2-3,6-7,16H,4-5,8-12H2,1H3. The van der Waals surface area contributed by atoms with Crippen molar-refractivity contribution >= 4 is 17.5 Å². The van der Waals surface area contributed by atoms with Gasteiger partial charge in [-0.15, -0.1) is 10.2 Å². The summed E-state index contributed by atoms with van der Waals surface area (Å²) in [5, 5.41) is 9.28. The number of halogens is 1. The predicted molar refractivity (Wildman–Crippen MR) is 95.2 cm³/mol. The number of carbonyl (C=O) groups excluding carboxylic acids is 1. The normalized spacial score (nSPS) is 20.7. The maximum atomic E-state index is 13.2. The minimum absolute atomic E-state index is 0.137. The van der Waals surface area contributed by atoms with E-state index in [-0.39, 0.29) is 11.9 Å². The zero-order valence-corrected chi connectivity index (χ0v) is 15.1. The van der Waals surface area contributed by atoms with E-state index in [9.17, 15) is 4.79 Å². The minimum Gasteiger partial charge on any atom is -0.341 e. The van der Waals surface area contributed by atoms with Crippen molar-refractivity contribution in [1.29, 1.82) is 0 Å². The lowest BCUT2D eigenvalue weighted by Crippen LogP contribution is -2.47. The molecule has 0 aliphatic carbocycles. The number of nitrogens with zero attached hydrogens (tertiary/aromatic N) is 5. The van der Waals surface area contributed by atoms with Crippen LogP contribution in [-0.4, -0.2) is 50.1 Å². The lowest BCUT2D eigenvalue weighted by Gasteiger charge is -2.36. The Morgan fingerprint density at radius 3 is 2.68 bits per heavy atom. The highest BCUT2D eigenvalue weighted by molar-refractivity contribution is 6.31. The summed E-state index contributed by atoms with van der Waals surface area (Å²) < 4.78 is 2.07. The number of rotatable bonds is 3. The maximum absolute atomic E-state index is 13.2. The summed E-state index contributed by atoms with van der Waals surface area (Å²) in [4.78, 5) is 17.4. The molecule has 2 aromatic rings. The molecule has 132 valence electrons. The van der Waals surface area contributed by atoms with Crippen LogP contribution in [0.5, 0.6) is 0 Å². The van der Waals surface area contributed by atoms with E-state index in [1.165, 1.54) is 0 Å². The fourth-order valence-corrected chi connectivity index (χ4v) is 3.99. The molecule has 0 saturated carbocycles. The summed E-state index contributed by atoms with van der Waals surface area (Å²) in [6.07, 6.45) is 2.16. The Balaban J connectivity index is 1.67. The first kappa shape index (κ1) is 16.5. The SMILES string of the molecule is Cc1nnc2n1CCN(Cc1ccccc1Cl)C2C(=O)N1CCCC1. The van der Waals surface area contributed by atoms with Gasteiger partial charge in [0, 0.05) is 37.7 Å². The summed E-state index contributed by atoms with van der Waals surface area (Å²) in [6.45, 7) is 5.82. The van der Waals surface area contributed by atoms with Crippen LogP contribution in [0.4, 0.5) is 0 Å². The molecule has 0 N–H and O–H groups in total. The van der Waals surface area contributed by atoms with Gasteiger partial charge >= 0.3 is 0 Å². The van der Waals surface area contributed by atoms with Gasteiger partial charge in [-0.2, -0.15) is 0 Å². The average molecular weight is 360 g/mol. The predicted octanol–water partition coefficient (Wildman–Crippen LogP) is 2.42. The molecule has 1 atom stereocenters. The van der Waals surface area contributed by atoms with Gasteiger partial charge in [0.25, 0.3) is 0 Å². The molecule has 3 heterocycles. The first-order chi connectivity index (χ1) is 12.1. The zero-order chi connectivity index (χ0) is 17.4. The van der Waals surface area contributed by atoms with Crippen molar-refractivity contribution < 1.29 is 4.79 Å². The van der Waals surface area contributed by atoms with E-state index in [0.29, 0.717) is 6.54 Å². The Morgan fingerprint density at radius 1 is 1.16 bits per heavy atom. The molecule has 1 saturated heterocycles. The third-order valence-corrected chi connectivity index (χ3v) is 5.54. The number of aryl methyl sites for hydroxylation is 1. The van der Waals surface area contributed by atoms with E-state index >= 15 is 0 Å². The highest BCUT2D eigenvalue weighted by Crippen LogP contribution is 2.30. The number of carbonyl (C=O) groups is 1.